The van der Waals surface area contributed by atoms with E-state index in [2.05, 4.69) is 12.0 Å². The van der Waals surface area contributed by atoms with Gasteiger partial charge in [-0.05, 0) is 5.75 Å². The number of aromatic nitrogens is 2. The first-order valence-corrected chi connectivity index (χ1v) is 4.84. The molecule has 0 amide bonds. The number of thioether (sulfide) groups is 1. The normalized spacial score (nSPS) is 10.3. The number of nitrogen functional groups attached to an aromatic ring is 1. The molecule has 62 valence electrons. The van der Waals surface area contributed by atoms with Crippen LogP contribution in [0.25, 0.3) is 0 Å². The third kappa shape index (κ3) is 2.84. The van der Waals surface area contributed by atoms with E-state index in [1.54, 1.807) is 6.20 Å². The van der Waals surface area contributed by atoms with Crippen LogP contribution in [0.3, 0.4) is 0 Å². The molecule has 0 unspecified atom stereocenters. The van der Waals surface area contributed by atoms with Crippen LogP contribution in [0, 0.1) is 0 Å². The first kappa shape index (κ1) is 8.46. The van der Waals surface area contributed by atoms with Gasteiger partial charge in [-0.15, -0.1) is 0 Å². The van der Waals surface area contributed by atoms with E-state index in [9.17, 15) is 0 Å². The molecule has 0 atom stereocenters. The molecule has 0 saturated heterocycles. The van der Waals surface area contributed by atoms with Crippen LogP contribution < -0.4 is 5.73 Å². The van der Waals surface area contributed by atoms with Crippen LogP contribution in [-0.4, -0.2) is 21.3 Å². The molecule has 0 saturated carbocycles. The number of hydrogen-bond acceptors (Lipinski definition) is 3. The molecular weight excluding hydrogens is 158 g/mol. The molecule has 0 fully saturated rings. The van der Waals surface area contributed by atoms with Gasteiger partial charge in [-0.25, -0.2) is 0 Å². The number of anilines is 1. The lowest BCUT2D eigenvalue weighted by Crippen LogP contribution is -2.00. The van der Waals surface area contributed by atoms with E-state index >= 15 is 0 Å². The Morgan fingerprint density at radius 2 is 2.55 bits per heavy atom. The van der Waals surface area contributed by atoms with Crippen molar-refractivity contribution < 1.29 is 0 Å². The summed E-state index contributed by atoms with van der Waals surface area (Å²) in [5.74, 6) is 2.27. The Morgan fingerprint density at radius 1 is 1.73 bits per heavy atom. The number of nitrogens with zero attached hydrogens (tertiary/aromatic N) is 2. The fourth-order valence-electron chi connectivity index (χ4n) is 0.804. The maximum Gasteiger partial charge on any atom is 0.0719 e. The lowest BCUT2D eigenvalue weighted by molar-refractivity contribution is 0.667. The van der Waals surface area contributed by atoms with E-state index in [4.69, 9.17) is 5.73 Å². The van der Waals surface area contributed by atoms with Gasteiger partial charge in [0.2, 0.25) is 0 Å². The highest BCUT2D eigenvalue weighted by molar-refractivity contribution is 7.99. The summed E-state index contributed by atoms with van der Waals surface area (Å²) in [5.41, 5.74) is 6.23. The third-order valence-corrected chi connectivity index (χ3v) is 2.20. The molecule has 0 aliphatic carbocycles. The van der Waals surface area contributed by atoms with Gasteiger partial charge in [0.25, 0.3) is 0 Å². The molecule has 1 aromatic heterocycles. The van der Waals surface area contributed by atoms with E-state index in [1.165, 1.54) is 0 Å². The van der Waals surface area contributed by atoms with Crippen LogP contribution in [0.1, 0.15) is 6.92 Å². The van der Waals surface area contributed by atoms with Crippen molar-refractivity contribution in [3.05, 3.63) is 12.4 Å². The molecule has 0 aliphatic rings. The summed E-state index contributed by atoms with van der Waals surface area (Å²) in [6.45, 7) is 3.11. The Hall–Kier alpha value is -0.640. The van der Waals surface area contributed by atoms with Crippen LogP contribution in [0.4, 0.5) is 5.69 Å². The Morgan fingerprint density at radius 3 is 3.09 bits per heavy atom. The van der Waals surface area contributed by atoms with Crippen molar-refractivity contribution >= 4 is 17.4 Å². The third-order valence-electron chi connectivity index (χ3n) is 1.32. The second-order valence-electron chi connectivity index (χ2n) is 2.23. The van der Waals surface area contributed by atoms with Gasteiger partial charge >= 0.3 is 0 Å². The van der Waals surface area contributed by atoms with Gasteiger partial charge in [-0.1, -0.05) is 6.92 Å². The highest BCUT2D eigenvalue weighted by Crippen LogP contribution is 2.02. The van der Waals surface area contributed by atoms with Crippen molar-refractivity contribution in [2.45, 2.75) is 13.5 Å². The van der Waals surface area contributed by atoms with Crippen LogP contribution in [0.5, 0.6) is 0 Å². The Kier molecular flexibility index (Phi) is 3.29. The highest BCUT2D eigenvalue weighted by Gasteiger charge is 1.92. The number of aryl methyl sites for hydroxylation is 1. The van der Waals surface area contributed by atoms with Crippen molar-refractivity contribution in [3.8, 4) is 0 Å². The zero-order valence-corrected chi connectivity index (χ0v) is 7.47. The summed E-state index contributed by atoms with van der Waals surface area (Å²) in [7, 11) is 0. The van der Waals surface area contributed by atoms with Crippen LogP contribution in [0.2, 0.25) is 0 Å². The number of nitrogens with two attached hydrogens (primary N) is 1. The molecule has 3 nitrogen and oxygen atoms in total. The van der Waals surface area contributed by atoms with E-state index in [1.807, 2.05) is 22.6 Å². The minimum atomic E-state index is 0.742. The standard InChI is InChI=1S/C7H13N3S/c1-2-11-4-3-10-6-7(8)5-9-10/h5-6H,2-4,8H2,1H3. The molecule has 0 spiro atoms. The minimum absolute atomic E-state index is 0.742. The predicted octanol–water partition coefficient (Wildman–Crippen LogP) is 1.22. The highest BCUT2D eigenvalue weighted by atomic mass is 32.2. The number of rotatable bonds is 4. The molecule has 1 heterocycles. The zero-order valence-electron chi connectivity index (χ0n) is 6.66. The maximum atomic E-state index is 5.49. The molecule has 0 radical (unpaired) electrons. The molecule has 0 aliphatic heterocycles. The quantitative estimate of drug-likeness (QED) is 0.693. The molecule has 1 aromatic rings. The van der Waals surface area contributed by atoms with Gasteiger partial charge in [-0.2, -0.15) is 16.9 Å². The molecule has 11 heavy (non-hydrogen) atoms. The van der Waals surface area contributed by atoms with Crippen molar-refractivity contribution in [3.63, 3.8) is 0 Å². The van der Waals surface area contributed by atoms with Crippen molar-refractivity contribution in [2.75, 3.05) is 17.2 Å². The number of hydrogen-bond donors (Lipinski definition) is 1. The summed E-state index contributed by atoms with van der Waals surface area (Å²) >= 11 is 1.91. The summed E-state index contributed by atoms with van der Waals surface area (Å²) in [4.78, 5) is 0. The van der Waals surface area contributed by atoms with Crippen molar-refractivity contribution in [2.24, 2.45) is 0 Å². The Labute approximate surface area is 71.0 Å². The smallest absolute Gasteiger partial charge is 0.0719 e. The average molecular weight is 171 g/mol. The average Bonchev–Trinajstić information content (AvgIpc) is 2.37. The van der Waals surface area contributed by atoms with E-state index in [-0.39, 0.29) is 0 Å². The minimum Gasteiger partial charge on any atom is -0.396 e. The predicted molar refractivity (Wildman–Crippen MR) is 49.6 cm³/mol. The van der Waals surface area contributed by atoms with E-state index in [0.717, 1.165) is 23.7 Å². The largest absolute Gasteiger partial charge is 0.396 e. The summed E-state index contributed by atoms with van der Waals surface area (Å²) in [6.07, 6.45) is 3.53. The summed E-state index contributed by atoms with van der Waals surface area (Å²) in [6, 6.07) is 0. The fourth-order valence-corrected chi connectivity index (χ4v) is 1.41. The molecular formula is C7H13N3S. The lowest BCUT2D eigenvalue weighted by Gasteiger charge is -1.98. The zero-order chi connectivity index (χ0) is 8.10. The second kappa shape index (κ2) is 4.28. The van der Waals surface area contributed by atoms with Crippen molar-refractivity contribution in [1.29, 1.82) is 0 Å². The van der Waals surface area contributed by atoms with E-state index in [0.29, 0.717) is 0 Å². The topological polar surface area (TPSA) is 43.8 Å². The Balaban J connectivity index is 2.27. The molecule has 4 heteroatoms. The van der Waals surface area contributed by atoms with Crippen LogP contribution >= 0.6 is 11.8 Å². The monoisotopic (exact) mass is 171 g/mol. The van der Waals surface area contributed by atoms with E-state index < -0.39 is 0 Å². The molecule has 0 aromatic carbocycles. The van der Waals surface area contributed by atoms with Gasteiger partial charge in [0.1, 0.15) is 0 Å². The summed E-state index contributed by atoms with van der Waals surface area (Å²) < 4.78 is 1.87. The van der Waals surface area contributed by atoms with Crippen molar-refractivity contribution in [1.82, 2.24) is 9.78 Å². The fraction of sp³-hybridized carbons (Fsp3) is 0.571. The summed E-state index contributed by atoms with van der Waals surface area (Å²) in [5, 5.41) is 4.07. The van der Waals surface area contributed by atoms with Crippen LogP contribution in [-0.2, 0) is 6.54 Å². The van der Waals surface area contributed by atoms with Gasteiger partial charge in [-0.3, -0.25) is 4.68 Å². The van der Waals surface area contributed by atoms with Gasteiger partial charge in [0.15, 0.2) is 0 Å². The Bertz CT molecular complexity index is 209. The van der Waals surface area contributed by atoms with Crippen LogP contribution in [0.15, 0.2) is 12.4 Å². The lowest BCUT2D eigenvalue weighted by atomic mass is 10.6. The first-order chi connectivity index (χ1) is 5.33. The first-order valence-electron chi connectivity index (χ1n) is 3.68. The van der Waals surface area contributed by atoms with Gasteiger partial charge in [0, 0.05) is 11.9 Å². The second-order valence-corrected chi connectivity index (χ2v) is 3.63. The maximum absolute atomic E-state index is 5.49. The molecule has 0 bridgehead atoms. The van der Waals surface area contributed by atoms with Gasteiger partial charge in [0.05, 0.1) is 18.4 Å². The SMILES string of the molecule is CCSCCn1cc(N)cn1. The molecule has 2 N–H and O–H groups in total. The molecule has 1 rings (SSSR count). The van der Waals surface area contributed by atoms with Gasteiger partial charge < -0.3 is 5.73 Å².